The number of hydrogen-bond donors (Lipinski definition) is 1. The second-order valence-electron chi connectivity index (χ2n) is 7.28. The molecule has 0 aliphatic carbocycles. The van der Waals surface area contributed by atoms with Gasteiger partial charge in [-0.25, -0.2) is 4.39 Å². The molecule has 1 saturated heterocycles. The van der Waals surface area contributed by atoms with Crippen molar-refractivity contribution in [3.05, 3.63) is 65.5 Å². The summed E-state index contributed by atoms with van der Waals surface area (Å²) in [4.78, 5) is 17.3. The highest BCUT2D eigenvalue weighted by Crippen LogP contribution is 2.17. The molecule has 1 amide bonds. The molecule has 1 fully saturated rings. The number of halogens is 1. The van der Waals surface area contributed by atoms with Crippen molar-refractivity contribution in [2.24, 2.45) is 0 Å². The van der Waals surface area contributed by atoms with Gasteiger partial charge in [0.1, 0.15) is 5.82 Å². The van der Waals surface area contributed by atoms with Crippen LogP contribution in [0.25, 0.3) is 0 Å². The van der Waals surface area contributed by atoms with Crippen molar-refractivity contribution < 1.29 is 9.18 Å². The average molecular weight is 369 g/mol. The van der Waals surface area contributed by atoms with Crippen molar-refractivity contribution in [1.29, 1.82) is 0 Å². The van der Waals surface area contributed by atoms with E-state index in [1.165, 1.54) is 17.7 Å². The van der Waals surface area contributed by atoms with Crippen LogP contribution in [0.4, 0.5) is 10.1 Å². The number of benzene rings is 2. The van der Waals surface area contributed by atoms with Crippen LogP contribution in [0.1, 0.15) is 24.5 Å². The molecule has 0 aromatic heterocycles. The highest BCUT2D eigenvalue weighted by atomic mass is 19.1. The fourth-order valence-corrected chi connectivity index (χ4v) is 3.51. The van der Waals surface area contributed by atoms with Gasteiger partial charge in [-0.05, 0) is 50.1 Å². The summed E-state index contributed by atoms with van der Waals surface area (Å²) in [6.07, 6.45) is 1.03. The third-order valence-electron chi connectivity index (χ3n) is 5.26. The van der Waals surface area contributed by atoms with E-state index in [4.69, 9.17) is 0 Å². The normalized spacial score (nSPS) is 17.3. The summed E-state index contributed by atoms with van der Waals surface area (Å²) >= 11 is 0. The Morgan fingerprint density at radius 2 is 1.89 bits per heavy atom. The van der Waals surface area contributed by atoms with Crippen LogP contribution < -0.4 is 5.32 Å². The maximum Gasteiger partial charge on any atom is 0.241 e. The zero-order chi connectivity index (χ0) is 19.2. The molecular formula is C22H28FN3O. The molecule has 0 saturated carbocycles. The number of aryl methyl sites for hydroxylation is 1. The van der Waals surface area contributed by atoms with Crippen LogP contribution in [0.2, 0.25) is 0 Å². The first-order chi connectivity index (χ1) is 13.0. The molecule has 1 unspecified atom stereocenters. The van der Waals surface area contributed by atoms with Crippen LogP contribution in [-0.2, 0) is 11.3 Å². The molecule has 27 heavy (non-hydrogen) atoms. The molecule has 0 radical (unpaired) electrons. The van der Waals surface area contributed by atoms with E-state index < -0.39 is 0 Å². The van der Waals surface area contributed by atoms with Crippen LogP contribution in [0, 0.1) is 12.7 Å². The van der Waals surface area contributed by atoms with Crippen molar-refractivity contribution in [2.45, 2.75) is 32.9 Å². The average Bonchev–Trinajstić information content (AvgIpc) is 2.90. The van der Waals surface area contributed by atoms with Crippen molar-refractivity contribution >= 4 is 11.6 Å². The van der Waals surface area contributed by atoms with E-state index in [9.17, 15) is 9.18 Å². The minimum absolute atomic E-state index is 0.0831. The van der Waals surface area contributed by atoms with Gasteiger partial charge >= 0.3 is 0 Å². The molecule has 1 heterocycles. The lowest BCUT2D eigenvalue weighted by atomic mass is 10.1. The quantitative estimate of drug-likeness (QED) is 0.874. The summed E-state index contributed by atoms with van der Waals surface area (Å²) in [5.41, 5.74) is 2.73. The molecule has 5 heteroatoms. The second-order valence-corrected chi connectivity index (χ2v) is 7.28. The SMILES string of the molecule is Cc1ccc(F)cc1NC(=O)C(C)N1CCCN(Cc2ccccc2)CC1. The Balaban J connectivity index is 1.56. The first-order valence-electron chi connectivity index (χ1n) is 9.60. The molecule has 1 aliphatic heterocycles. The van der Waals surface area contributed by atoms with Crippen molar-refractivity contribution in [3.8, 4) is 0 Å². The number of carbonyl (C=O) groups is 1. The Morgan fingerprint density at radius 3 is 2.67 bits per heavy atom. The van der Waals surface area contributed by atoms with Gasteiger partial charge in [0.15, 0.2) is 0 Å². The van der Waals surface area contributed by atoms with Crippen LogP contribution >= 0.6 is 0 Å². The van der Waals surface area contributed by atoms with E-state index in [-0.39, 0.29) is 17.8 Å². The predicted octanol–water partition coefficient (Wildman–Crippen LogP) is 3.67. The lowest BCUT2D eigenvalue weighted by molar-refractivity contribution is -0.120. The standard InChI is InChI=1S/C22H28FN3O/c1-17-9-10-20(23)15-21(17)24-22(27)18(2)26-12-6-11-25(13-14-26)16-19-7-4-3-5-8-19/h3-5,7-10,15,18H,6,11-14,16H2,1-2H3,(H,24,27). The van der Waals surface area contributed by atoms with E-state index in [1.54, 1.807) is 6.07 Å². The zero-order valence-corrected chi connectivity index (χ0v) is 16.1. The largest absolute Gasteiger partial charge is 0.324 e. The molecular weight excluding hydrogens is 341 g/mol. The third-order valence-corrected chi connectivity index (χ3v) is 5.26. The van der Waals surface area contributed by atoms with E-state index in [1.807, 2.05) is 19.9 Å². The topological polar surface area (TPSA) is 35.6 Å². The molecule has 144 valence electrons. The summed E-state index contributed by atoms with van der Waals surface area (Å²) in [5, 5.41) is 2.89. The molecule has 1 N–H and O–H groups in total. The Bertz CT molecular complexity index is 765. The van der Waals surface area contributed by atoms with Crippen LogP contribution in [-0.4, -0.2) is 47.9 Å². The van der Waals surface area contributed by atoms with Gasteiger partial charge in [-0.15, -0.1) is 0 Å². The number of rotatable bonds is 5. The third kappa shape index (κ3) is 5.37. The van der Waals surface area contributed by atoms with Gasteiger partial charge in [-0.1, -0.05) is 36.4 Å². The van der Waals surface area contributed by atoms with Gasteiger partial charge < -0.3 is 5.32 Å². The fraction of sp³-hybridized carbons (Fsp3) is 0.409. The highest BCUT2D eigenvalue weighted by molar-refractivity contribution is 5.95. The number of carbonyl (C=O) groups excluding carboxylic acids is 1. The van der Waals surface area contributed by atoms with E-state index >= 15 is 0 Å². The van der Waals surface area contributed by atoms with Gasteiger partial charge in [0.05, 0.1) is 6.04 Å². The van der Waals surface area contributed by atoms with Crippen LogP contribution in [0.3, 0.4) is 0 Å². The molecule has 0 bridgehead atoms. The van der Waals surface area contributed by atoms with E-state index in [2.05, 4.69) is 39.4 Å². The highest BCUT2D eigenvalue weighted by Gasteiger charge is 2.24. The number of nitrogens with one attached hydrogen (secondary N) is 1. The van der Waals surface area contributed by atoms with Gasteiger partial charge in [0.25, 0.3) is 0 Å². The second kappa shape index (κ2) is 9.11. The number of nitrogens with zero attached hydrogens (tertiary/aromatic N) is 2. The Kier molecular flexibility index (Phi) is 6.58. The summed E-state index contributed by atoms with van der Waals surface area (Å²) in [6.45, 7) is 8.45. The van der Waals surface area contributed by atoms with Crippen LogP contribution in [0.15, 0.2) is 48.5 Å². The first kappa shape index (κ1) is 19.5. The minimum Gasteiger partial charge on any atom is -0.324 e. The lowest BCUT2D eigenvalue weighted by Gasteiger charge is -2.27. The van der Waals surface area contributed by atoms with Gasteiger partial charge in [-0.3, -0.25) is 14.6 Å². The number of hydrogen-bond acceptors (Lipinski definition) is 3. The lowest BCUT2D eigenvalue weighted by Crippen LogP contribution is -2.44. The summed E-state index contributed by atoms with van der Waals surface area (Å²) in [5.74, 6) is -0.421. The molecule has 1 atom stereocenters. The van der Waals surface area contributed by atoms with Crippen LogP contribution in [0.5, 0.6) is 0 Å². The van der Waals surface area contributed by atoms with Crippen molar-refractivity contribution in [1.82, 2.24) is 9.80 Å². The zero-order valence-electron chi connectivity index (χ0n) is 16.1. The molecule has 2 aromatic carbocycles. The predicted molar refractivity (Wildman–Crippen MR) is 107 cm³/mol. The van der Waals surface area contributed by atoms with Gasteiger partial charge in [0, 0.05) is 31.9 Å². The molecule has 3 rings (SSSR count). The first-order valence-corrected chi connectivity index (χ1v) is 9.60. The summed E-state index contributed by atoms with van der Waals surface area (Å²) in [7, 11) is 0. The van der Waals surface area contributed by atoms with Crippen molar-refractivity contribution in [3.63, 3.8) is 0 Å². The number of amides is 1. The van der Waals surface area contributed by atoms with Gasteiger partial charge in [-0.2, -0.15) is 0 Å². The molecule has 2 aromatic rings. The molecule has 4 nitrogen and oxygen atoms in total. The maximum atomic E-state index is 13.5. The Morgan fingerprint density at radius 1 is 1.11 bits per heavy atom. The summed E-state index contributed by atoms with van der Waals surface area (Å²) < 4.78 is 13.5. The fourth-order valence-electron chi connectivity index (χ4n) is 3.51. The monoisotopic (exact) mass is 369 g/mol. The maximum absolute atomic E-state index is 13.5. The van der Waals surface area contributed by atoms with E-state index in [0.29, 0.717) is 5.69 Å². The van der Waals surface area contributed by atoms with E-state index in [0.717, 1.165) is 44.7 Å². The number of anilines is 1. The molecule has 1 aliphatic rings. The molecule has 0 spiro atoms. The Hall–Kier alpha value is -2.24. The van der Waals surface area contributed by atoms with Crippen molar-refractivity contribution in [2.75, 3.05) is 31.5 Å². The minimum atomic E-state index is -0.338. The Labute approximate surface area is 161 Å². The smallest absolute Gasteiger partial charge is 0.241 e. The van der Waals surface area contributed by atoms with Gasteiger partial charge in [0.2, 0.25) is 5.91 Å². The summed E-state index contributed by atoms with van der Waals surface area (Å²) in [6, 6.07) is 14.7.